The third-order valence-electron chi connectivity index (χ3n) is 4.69. The fourth-order valence-corrected chi connectivity index (χ4v) is 5.34. The zero-order valence-electron chi connectivity index (χ0n) is 14.6. The number of hydrogen-bond donors (Lipinski definition) is 0. The number of halogens is 1. The second kappa shape index (κ2) is 6.65. The van der Waals surface area contributed by atoms with Crippen LogP contribution in [0.3, 0.4) is 0 Å². The molecule has 1 aliphatic heterocycles. The summed E-state index contributed by atoms with van der Waals surface area (Å²) in [6.07, 6.45) is 3.48. The second-order valence-corrected chi connectivity index (χ2v) is 9.22. The first-order valence-corrected chi connectivity index (χ1v) is 10.7. The molecule has 1 aliphatic rings. The molecule has 6 nitrogen and oxygen atoms in total. The third-order valence-corrected chi connectivity index (χ3v) is 6.82. The van der Waals surface area contributed by atoms with Gasteiger partial charge in [0.1, 0.15) is 10.7 Å². The summed E-state index contributed by atoms with van der Waals surface area (Å²) in [4.78, 5) is 12.4. The van der Waals surface area contributed by atoms with E-state index in [0.29, 0.717) is 28.4 Å². The fraction of sp³-hybridized carbons (Fsp3) is 0.263. The zero-order chi connectivity index (χ0) is 19.2. The minimum atomic E-state index is -3.04. The Morgan fingerprint density at radius 3 is 2.85 bits per heavy atom. The molecule has 27 heavy (non-hydrogen) atoms. The number of hydrogen-bond acceptors (Lipinski definition) is 5. The van der Waals surface area contributed by atoms with Crippen LogP contribution in [0.4, 0.5) is 0 Å². The predicted molar refractivity (Wildman–Crippen MR) is 104 cm³/mol. The van der Waals surface area contributed by atoms with Crippen molar-refractivity contribution in [3.8, 4) is 0 Å². The Bertz CT molecular complexity index is 1140. The van der Waals surface area contributed by atoms with Crippen LogP contribution in [0.1, 0.15) is 34.3 Å². The van der Waals surface area contributed by atoms with Gasteiger partial charge in [-0.15, -0.1) is 0 Å². The molecular formula is C19H17ClN2O4S. The van der Waals surface area contributed by atoms with Gasteiger partial charge >= 0.3 is 0 Å². The molecule has 1 saturated heterocycles. The van der Waals surface area contributed by atoms with Crippen LogP contribution in [0.15, 0.2) is 40.8 Å². The van der Waals surface area contributed by atoms with E-state index < -0.39 is 9.84 Å². The zero-order valence-corrected chi connectivity index (χ0v) is 16.1. The SMILES string of the molecule is Cc1nn([C@@H]2CCS(=O)(=O)C2)c(Cl)c1/C=C/C(=O)c1cc2ccccc2o1. The summed E-state index contributed by atoms with van der Waals surface area (Å²) in [5.41, 5.74) is 1.89. The van der Waals surface area contributed by atoms with Crippen molar-refractivity contribution >= 4 is 44.3 Å². The highest BCUT2D eigenvalue weighted by atomic mass is 35.5. The first-order valence-electron chi connectivity index (χ1n) is 8.50. The molecule has 1 fully saturated rings. The van der Waals surface area contributed by atoms with Gasteiger partial charge in [-0.05, 0) is 37.6 Å². The number of carbonyl (C=O) groups excluding carboxylic acids is 1. The van der Waals surface area contributed by atoms with Crippen LogP contribution in [-0.2, 0) is 9.84 Å². The van der Waals surface area contributed by atoms with E-state index in [9.17, 15) is 13.2 Å². The lowest BCUT2D eigenvalue weighted by atomic mass is 10.2. The molecule has 3 heterocycles. The highest BCUT2D eigenvalue weighted by Crippen LogP contribution is 2.30. The van der Waals surface area contributed by atoms with E-state index in [1.165, 1.54) is 6.08 Å². The fourth-order valence-electron chi connectivity index (χ4n) is 3.28. The molecule has 2 aromatic heterocycles. The molecule has 0 saturated carbocycles. The summed E-state index contributed by atoms with van der Waals surface area (Å²) >= 11 is 6.42. The van der Waals surface area contributed by atoms with Crippen LogP contribution in [0, 0.1) is 6.92 Å². The molecule has 0 spiro atoms. The van der Waals surface area contributed by atoms with Gasteiger partial charge in [0.2, 0.25) is 5.78 Å². The number of para-hydroxylation sites is 1. The number of ketones is 1. The van der Waals surface area contributed by atoms with E-state index in [4.69, 9.17) is 16.0 Å². The number of furan rings is 1. The number of nitrogens with zero attached hydrogens (tertiary/aromatic N) is 2. The van der Waals surface area contributed by atoms with Crippen molar-refractivity contribution in [2.75, 3.05) is 11.5 Å². The van der Waals surface area contributed by atoms with Crippen LogP contribution in [0.5, 0.6) is 0 Å². The molecule has 140 valence electrons. The maximum atomic E-state index is 12.4. The average molecular weight is 405 g/mol. The summed E-state index contributed by atoms with van der Waals surface area (Å²) in [5, 5.41) is 5.57. The number of sulfone groups is 1. The van der Waals surface area contributed by atoms with Crippen molar-refractivity contribution in [2.45, 2.75) is 19.4 Å². The molecular weight excluding hydrogens is 388 g/mol. The van der Waals surface area contributed by atoms with Crippen molar-refractivity contribution in [3.63, 3.8) is 0 Å². The van der Waals surface area contributed by atoms with Gasteiger partial charge in [-0.2, -0.15) is 5.10 Å². The van der Waals surface area contributed by atoms with Crippen LogP contribution in [0.25, 0.3) is 17.0 Å². The van der Waals surface area contributed by atoms with Crippen LogP contribution < -0.4 is 0 Å². The highest BCUT2D eigenvalue weighted by Gasteiger charge is 2.31. The Morgan fingerprint density at radius 1 is 1.37 bits per heavy atom. The van der Waals surface area contributed by atoms with Gasteiger partial charge in [0.25, 0.3) is 0 Å². The maximum Gasteiger partial charge on any atom is 0.221 e. The van der Waals surface area contributed by atoms with E-state index in [1.807, 2.05) is 18.2 Å². The Morgan fingerprint density at radius 2 is 2.15 bits per heavy atom. The molecule has 0 radical (unpaired) electrons. The van der Waals surface area contributed by atoms with Gasteiger partial charge in [0, 0.05) is 10.9 Å². The Kier molecular flexibility index (Phi) is 4.44. The number of benzene rings is 1. The van der Waals surface area contributed by atoms with E-state index in [0.717, 1.165) is 5.39 Å². The molecule has 0 bridgehead atoms. The Hall–Kier alpha value is -2.38. The monoisotopic (exact) mass is 404 g/mol. The number of aryl methyl sites for hydroxylation is 1. The summed E-state index contributed by atoms with van der Waals surface area (Å²) in [6.45, 7) is 1.77. The molecule has 3 aromatic rings. The quantitative estimate of drug-likeness (QED) is 0.487. The first-order chi connectivity index (χ1) is 12.8. The maximum absolute atomic E-state index is 12.4. The highest BCUT2D eigenvalue weighted by molar-refractivity contribution is 7.91. The van der Waals surface area contributed by atoms with Crippen molar-refractivity contribution in [2.24, 2.45) is 0 Å². The van der Waals surface area contributed by atoms with Gasteiger partial charge < -0.3 is 4.42 Å². The summed E-state index contributed by atoms with van der Waals surface area (Å²) in [6, 6.07) is 8.83. The molecule has 0 unspecified atom stereocenters. The van der Waals surface area contributed by atoms with Gasteiger partial charge in [-0.1, -0.05) is 29.8 Å². The molecule has 0 amide bonds. The number of rotatable bonds is 4. The van der Waals surface area contributed by atoms with Crippen LogP contribution in [-0.4, -0.2) is 35.5 Å². The summed E-state index contributed by atoms with van der Waals surface area (Å²) in [5.74, 6) is 0.144. The van der Waals surface area contributed by atoms with E-state index in [-0.39, 0.29) is 29.1 Å². The average Bonchev–Trinajstić information content (AvgIpc) is 3.29. The lowest BCUT2D eigenvalue weighted by molar-refractivity contribution is 0.102. The van der Waals surface area contributed by atoms with Gasteiger partial charge in [-0.3, -0.25) is 4.79 Å². The largest absolute Gasteiger partial charge is 0.453 e. The molecule has 4 rings (SSSR count). The minimum absolute atomic E-state index is 0.0366. The first kappa shape index (κ1) is 18.0. The number of aromatic nitrogens is 2. The van der Waals surface area contributed by atoms with E-state index >= 15 is 0 Å². The standard InChI is InChI=1S/C19H17ClN2O4S/c1-12-15(19(20)22(21-12)14-8-9-27(24,25)11-14)6-7-16(23)18-10-13-4-2-3-5-17(13)26-18/h2-7,10,14H,8-9,11H2,1H3/b7-6+/t14-/m1/s1. The van der Waals surface area contributed by atoms with Gasteiger partial charge in [0.05, 0.1) is 23.2 Å². The molecule has 8 heteroatoms. The number of carbonyl (C=O) groups is 1. The van der Waals surface area contributed by atoms with Crippen molar-refractivity contribution in [3.05, 3.63) is 58.6 Å². The number of allylic oxidation sites excluding steroid dienone is 1. The smallest absolute Gasteiger partial charge is 0.221 e. The minimum Gasteiger partial charge on any atom is -0.453 e. The Labute approximate surface area is 161 Å². The van der Waals surface area contributed by atoms with Crippen LogP contribution in [0.2, 0.25) is 5.15 Å². The van der Waals surface area contributed by atoms with Crippen molar-refractivity contribution in [1.82, 2.24) is 9.78 Å². The van der Waals surface area contributed by atoms with Gasteiger partial charge in [-0.25, -0.2) is 13.1 Å². The molecule has 1 aromatic carbocycles. The van der Waals surface area contributed by atoms with Crippen molar-refractivity contribution < 1.29 is 17.6 Å². The third kappa shape index (κ3) is 3.44. The lowest BCUT2D eigenvalue weighted by Gasteiger charge is -2.09. The van der Waals surface area contributed by atoms with E-state index in [2.05, 4.69) is 5.10 Å². The summed E-state index contributed by atoms with van der Waals surface area (Å²) < 4.78 is 30.5. The molecule has 1 atom stereocenters. The van der Waals surface area contributed by atoms with Gasteiger partial charge in [0.15, 0.2) is 15.6 Å². The normalized spacial score (nSPS) is 19.3. The molecule has 0 N–H and O–H groups in total. The predicted octanol–water partition coefficient (Wildman–Crippen LogP) is 3.85. The lowest BCUT2D eigenvalue weighted by Crippen LogP contribution is -2.12. The summed E-state index contributed by atoms with van der Waals surface area (Å²) in [7, 11) is -3.04. The number of fused-ring (bicyclic) bond motifs is 1. The second-order valence-electron chi connectivity index (χ2n) is 6.64. The van der Waals surface area contributed by atoms with Crippen LogP contribution >= 0.6 is 11.6 Å². The van der Waals surface area contributed by atoms with Crippen molar-refractivity contribution in [1.29, 1.82) is 0 Å². The topological polar surface area (TPSA) is 82.2 Å². The Balaban J connectivity index is 1.59. The molecule has 0 aliphatic carbocycles. The van der Waals surface area contributed by atoms with E-state index in [1.54, 1.807) is 29.8 Å².